The average molecular weight is 456 g/mol. The van der Waals surface area contributed by atoms with Crippen LogP contribution in [0, 0.1) is 0 Å². The molecule has 1 aliphatic rings. The highest BCUT2D eigenvalue weighted by atomic mass is 32.2. The highest BCUT2D eigenvalue weighted by Crippen LogP contribution is 2.31. The fourth-order valence-electron chi connectivity index (χ4n) is 3.68. The van der Waals surface area contributed by atoms with Crippen LogP contribution in [0.4, 0.5) is 5.13 Å². The average Bonchev–Trinajstić information content (AvgIpc) is 3.23. The van der Waals surface area contributed by atoms with E-state index in [2.05, 4.69) is 43.0 Å². The van der Waals surface area contributed by atoms with Crippen molar-refractivity contribution in [1.29, 1.82) is 0 Å². The molecule has 4 rings (SSSR count). The van der Waals surface area contributed by atoms with E-state index in [9.17, 15) is 4.79 Å². The number of fused-ring (bicyclic) bond motifs is 1. The minimum absolute atomic E-state index is 0.0154. The number of aromatic nitrogens is 1. The summed E-state index contributed by atoms with van der Waals surface area (Å²) in [4.78, 5) is 23.8. The number of nitrogens with zero attached hydrogens (tertiary/aromatic N) is 3. The van der Waals surface area contributed by atoms with Crippen molar-refractivity contribution in [2.45, 2.75) is 25.2 Å². The van der Waals surface area contributed by atoms with Gasteiger partial charge in [-0.2, -0.15) is 0 Å². The van der Waals surface area contributed by atoms with Crippen LogP contribution in [0.25, 0.3) is 10.2 Å². The fourth-order valence-corrected chi connectivity index (χ4v) is 5.46. The number of benzene rings is 2. The number of hydrogen-bond acceptors (Lipinski definition) is 6. The molecule has 1 amide bonds. The molecule has 0 radical (unpaired) electrons. The zero-order chi connectivity index (χ0) is 21.6. The Bertz CT molecular complexity index is 1030. The van der Waals surface area contributed by atoms with E-state index in [0.717, 1.165) is 65.3 Å². The number of thioether (sulfide) groups is 1. The summed E-state index contributed by atoms with van der Waals surface area (Å²) in [5.41, 5.74) is 2.96. The molecule has 0 unspecified atom stereocenters. The maximum atomic E-state index is 13.6. The standard InChI is InChI=1S/C24H29N3O2S2/c1-3-18-8-9-21-22(16-18)31-24(25-21)27(11-10-26-12-14-29-15-13-26)23(28)19-6-5-7-20(17-19)30-4-2/h5-9,16-17H,3-4,10-15H2,1-2H3. The number of rotatable bonds is 8. The summed E-state index contributed by atoms with van der Waals surface area (Å²) in [6.45, 7) is 9.03. The minimum Gasteiger partial charge on any atom is -0.379 e. The maximum Gasteiger partial charge on any atom is 0.260 e. The largest absolute Gasteiger partial charge is 0.379 e. The van der Waals surface area contributed by atoms with Gasteiger partial charge in [-0.1, -0.05) is 37.3 Å². The summed E-state index contributed by atoms with van der Waals surface area (Å²) < 4.78 is 6.60. The molecular formula is C24H29N3O2S2. The first kappa shape index (κ1) is 22.3. The van der Waals surface area contributed by atoms with Gasteiger partial charge in [0.25, 0.3) is 5.91 Å². The van der Waals surface area contributed by atoms with Gasteiger partial charge in [-0.25, -0.2) is 4.98 Å². The molecule has 1 fully saturated rings. The van der Waals surface area contributed by atoms with Gasteiger partial charge < -0.3 is 4.74 Å². The predicted octanol–water partition coefficient (Wildman–Crippen LogP) is 4.95. The first-order valence-corrected chi connectivity index (χ1v) is 12.7. The molecule has 0 atom stereocenters. The van der Waals surface area contributed by atoms with Gasteiger partial charge in [0.05, 0.1) is 23.4 Å². The Kier molecular flexibility index (Phi) is 7.61. The summed E-state index contributed by atoms with van der Waals surface area (Å²) in [6.07, 6.45) is 0.991. The summed E-state index contributed by atoms with van der Waals surface area (Å²) in [6, 6.07) is 14.3. The van der Waals surface area contributed by atoms with Crippen molar-refractivity contribution >= 4 is 44.4 Å². The molecule has 1 aliphatic heterocycles. The summed E-state index contributed by atoms with van der Waals surface area (Å²) >= 11 is 3.36. The van der Waals surface area contributed by atoms with Crippen molar-refractivity contribution in [3.05, 3.63) is 53.6 Å². The zero-order valence-electron chi connectivity index (χ0n) is 18.2. The molecule has 31 heavy (non-hydrogen) atoms. The summed E-state index contributed by atoms with van der Waals surface area (Å²) in [5.74, 6) is 0.998. The van der Waals surface area contributed by atoms with E-state index in [1.165, 1.54) is 5.56 Å². The highest BCUT2D eigenvalue weighted by molar-refractivity contribution is 7.99. The quantitative estimate of drug-likeness (QED) is 0.450. The molecular weight excluding hydrogens is 426 g/mol. The van der Waals surface area contributed by atoms with Crippen molar-refractivity contribution in [3.8, 4) is 0 Å². The molecule has 0 aliphatic carbocycles. The Labute approximate surface area is 192 Å². The van der Waals surface area contributed by atoms with E-state index in [0.29, 0.717) is 12.1 Å². The highest BCUT2D eigenvalue weighted by Gasteiger charge is 2.23. The van der Waals surface area contributed by atoms with Crippen molar-refractivity contribution in [3.63, 3.8) is 0 Å². The van der Waals surface area contributed by atoms with Crippen LogP contribution in [0.5, 0.6) is 0 Å². The Morgan fingerprint density at radius 2 is 2.03 bits per heavy atom. The third-order valence-corrected chi connectivity index (χ3v) is 7.38. The Hall–Kier alpha value is -1.93. The molecule has 0 N–H and O–H groups in total. The molecule has 5 nitrogen and oxygen atoms in total. The normalized spacial score (nSPS) is 14.8. The summed E-state index contributed by atoms with van der Waals surface area (Å²) in [5, 5.41) is 0.773. The van der Waals surface area contributed by atoms with E-state index in [-0.39, 0.29) is 5.91 Å². The van der Waals surface area contributed by atoms with Crippen LogP contribution < -0.4 is 4.90 Å². The molecule has 1 aromatic heterocycles. The smallest absolute Gasteiger partial charge is 0.260 e. The number of aryl methyl sites for hydroxylation is 1. The lowest BCUT2D eigenvalue weighted by Gasteiger charge is -2.29. The van der Waals surface area contributed by atoms with E-state index in [1.807, 2.05) is 23.1 Å². The Balaban J connectivity index is 1.63. The lowest BCUT2D eigenvalue weighted by molar-refractivity contribution is 0.0391. The van der Waals surface area contributed by atoms with Crippen molar-refractivity contribution in [1.82, 2.24) is 9.88 Å². The first-order valence-electron chi connectivity index (χ1n) is 10.9. The second kappa shape index (κ2) is 10.6. The first-order chi connectivity index (χ1) is 15.2. The Morgan fingerprint density at radius 3 is 2.81 bits per heavy atom. The van der Waals surface area contributed by atoms with Crippen LogP contribution in [0.2, 0.25) is 0 Å². The van der Waals surface area contributed by atoms with E-state index < -0.39 is 0 Å². The molecule has 7 heteroatoms. The van der Waals surface area contributed by atoms with Crippen molar-refractivity contribution < 1.29 is 9.53 Å². The number of ether oxygens (including phenoxy) is 1. The van der Waals surface area contributed by atoms with Gasteiger partial charge in [0.1, 0.15) is 0 Å². The SMILES string of the molecule is CCSc1cccc(C(=O)N(CCN2CCOCC2)c2nc3ccc(CC)cc3s2)c1. The van der Waals surface area contributed by atoms with Crippen molar-refractivity contribution in [2.24, 2.45) is 0 Å². The van der Waals surface area contributed by atoms with Gasteiger partial charge in [-0.05, 0) is 48.1 Å². The second-order valence-electron chi connectivity index (χ2n) is 7.52. The number of amides is 1. The predicted molar refractivity (Wildman–Crippen MR) is 131 cm³/mol. The molecule has 2 aromatic carbocycles. The Morgan fingerprint density at radius 1 is 1.19 bits per heavy atom. The third kappa shape index (κ3) is 5.47. The van der Waals surface area contributed by atoms with Gasteiger partial charge in [0.15, 0.2) is 5.13 Å². The number of hydrogen-bond donors (Lipinski definition) is 0. The molecule has 1 saturated heterocycles. The topological polar surface area (TPSA) is 45.7 Å². The van der Waals surface area contributed by atoms with Crippen LogP contribution in [0.1, 0.15) is 29.8 Å². The molecule has 3 aromatic rings. The van der Waals surface area contributed by atoms with Crippen LogP contribution in [0.3, 0.4) is 0 Å². The molecule has 164 valence electrons. The number of thiazole rings is 1. The number of morpholine rings is 1. The molecule has 0 spiro atoms. The lowest BCUT2D eigenvalue weighted by Crippen LogP contribution is -2.43. The molecule has 0 saturated carbocycles. The monoisotopic (exact) mass is 455 g/mol. The van der Waals surface area contributed by atoms with Gasteiger partial charge >= 0.3 is 0 Å². The van der Waals surface area contributed by atoms with Gasteiger partial charge in [0, 0.05) is 36.6 Å². The number of anilines is 1. The van der Waals surface area contributed by atoms with Crippen molar-refractivity contribution in [2.75, 3.05) is 50.0 Å². The van der Waals surface area contributed by atoms with Crippen LogP contribution in [-0.4, -0.2) is 60.9 Å². The zero-order valence-corrected chi connectivity index (χ0v) is 19.8. The lowest BCUT2D eigenvalue weighted by atomic mass is 10.2. The number of carbonyl (C=O) groups is 1. The molecule has 2 heterocycles. The third-order valence-electron chi connectivity index (χ3n) is 5.46. The van der Waals surface area contributed by atoms with Gasteiger partial charge in [0.2, 0.25) is 0 Å². The fraction of sp³-hybridized carbons (Fsp3) is 0.417. The molecule has 0 bridgehead atoms. The van der Waals surface area contributed by atoms with E-state index in [4.69, 9.17) is 9.72 Å². The number of carbonyl (C=O) groups excluding carboxylic acids is 1. The van der Waals surface area contributed by atoms with Crippen LogP contribution in [0.15, 0.2) is 47.4 Å². The van der Waals surface area contributed by atoms with E-state index >= 15 is 0 Å². The van der Waals surface area contributed by atoms with Crippen LogP contribution >= 0.6 is 23.1 Å². The maximum absolute atomic E-state index is 13.6. The second-order valence-corrected chi connectivity index (χ2v) is 9.87. The van der Waals surface area contributed by atoms with Crippen LogP contribution in [-0.2, 0) is 11.2 Å². The minimum atomic E-state index is 0.0154. The van der Waals surface area contributed by atoms with Gasteiger partial charge in [-0.15, -0.1) is 11.8 Å². The summed E-state index contributed by atoms with van der Waals surface area (Å²) in [7, 11) is 0. The van der Waals surface area contributed by atoms with Gasteiger partial charge in [-0.3, -0.25) is 14.6 Å². The van der Waals surface area contributed by atoms with E-state index in [1.54, 1.807) is 23.1 Å².